The fourth-order valence-electron chi connectivity index (χ4n) is 2.17. The zero-order chi connectivity index (χ0) is 19.5. The van der Waals surface area contributed by atoms with Gasteiger partial charge in [0.1, 0.15) is 6.61 Å². The minimum Gasteiger partial charge on any atom is -0.493 e. The average molecular weight is 387 g/mol. The van der Waals surface area contributed by atoms with Gasteiger partial charge in [0.05, 0.1) is 24.3 Å². The van der Waals surface area contributed by atoms with Gasteiger partial charge < -0.3 is 14.8 Å². The van der Waals surface area contributed by atoms with Crippen molar-refractivity contribution in [3.63, 3.8) is 0 Å². The molecule has 6 nitrogen and oxygen atoms in total. The molecule has 0 atom stereocenters. The van der Waals surface area contributed by atoms with E-state index in [1.165, 1.54) is 12.1 Å². The molecule has 0 aliphatic rings. The molecule has 2 aromatic rings. The van der Waals surface area contributed by atoms with Gasteiger partial charge in [-0.15, -0.1) is 0 Å². The van der Waals surface area contributed by atoms with Crippen LogP contribution in [-0.2, 0) is 14.6 Å². The Labute approximate surface area is 159 Å². The van der Waals surface area contributed by atoms with E-state index in [9.17, 15) is 13.2 Å². The molecule has 0 bridgehead atoms. The van der Waals surface area contributed by atoms with Gasteiger partial charge in [0.15, 0.2) is 21.3 Å². The number of hydrogen-bond acceptors (Lipinski definition) is 5. The quantitative estimate of drug-likeness (QED) is 0.701. The van der Waals surface area contributed by atoms with Gasteiger partial charge in [-0.3, -0.25) is 4.79 Å². The van der Waals surface area contributed by atoms with E-state index in [2.05, 4.69) is 17.2 Å². The second-order valence-corrected chi connectivity index (χ2v) is 7.56. The normalized spacial score (nSPS) is 10.4. The molecule has 7 heteroatoms. The molecule has 0 saturated heterocycles. The second kappa shape index (κ2) is 10.2. The lowest BCUT2D eigenvalue weighted by Gasteiger charge is -2.07. The van der Waals surface area contributed by atoms with Crippen molar-refractivity contribution in [1.82, 2.24) is 5.32 Å². The molecule has 0 radical (unpaired) electrons. The highest BCUT2D eigenvalue weighted by Crippen LogP contribution is 2.25. The van der Waals surface area contributed by atoms with Crippen LogP contribution < -0.4 is 14.8 Å². The Kier molecular flexibility index (Phi) is 7.71. The van der Waals surface area contributed by atoms with E-state index < -0.39 is 9.84 Å². The molecule has 2 rings (SSSR count). The van der Waals surface area contributed by atoms with E-state index in [4.69, 9.17) is 9.47 Å². The van der Waals surface area contributed by atoms with Gasteiger partial charge >= 0.3 is 0 Å². The third-order valence-corrected chi connectivity index (χ3v) is 5.30. The Morgan fingerprint density at radius 3 is 2.37 bits per heavy atom. The molecule has 0 heterocycles. The van der Waals surface area contributed by atoms with Crippen molar-refractivity contribution in [3.05, 3.63) is 54.6 Å². The van der Waals surface area contributed by atoms with Gasteiger partial charge in [-0.1, -0.05) is 42.2 Å². The third kappa shape index (κ3) is 6.68. The van der Waals surface area contributed by atoms with Crippen LogP contribution in [0.15, 0.2) is 59.5 Å². The van der Waals surface area contributed by atoms with Crippen LogP contribution in [0.1, 0.15) is 6.42 Å². The Bertz CT molecular complexity index is 914. The van der Waals surface area contributed by atoms with Crippen molar-refractivity contribution in [2.24, 2.45) is 0 Å². The third-order valence-electron chi connectivity index (χ3n) is 3.57. The SMILES string of the molecule is COc1ccccc1OCC#CCNC(=O)CCS(=O)(=O)c1ccccc1. The summed E-state index contributed by atoms with van der Waals surface area (Å²) in [4.78, 5) is 12.0. The minimum absolute atomic E-state index is 0.114. The number of nitrogens with one attached hydrogen (secondary N) is 1. The van der Waals surface area contributed by atoms with E-state index in [0.29, 0.717) is 11.5 Å². The summed E-state index contributed by atoms with van der Waals surface area (Å²) >= 11 is 0. The Balaban J connectivity index is 1.70. The summed E-state index contributed by atoms with van der Waals surface area (Å²) in [5.74, 6) is 6.13. The number of amides is 1. The van der Waals surface area contributed by atoms with Crippen LogP contribution in [0.4, 0.5) is 0 Å². The van der Waals surface area contributed by atoms with E-state index in [-0.39, 0.29) is 36.1 Å². The largest absolute Gasteiger partial charge is 0.493 e. The Hall–Kier alpha value is -2.98. The van der Waals surface area contributed by atoms with Crippen LogP contribution in [0.5, 0.6) is 11.5 Å². The van der Waals surface area contributed by atoms with Crippen molar-refractivity contribution in [1.29, 1.82) is 0 Å². The Morgan fingerprint density at radius 2 is 1.67 bits per heavy atom. The van der Waals surface area contributed by atoms with Crippen LogP contribution in [0, 0.1) is 11.8 Å². The highest BCUT2D eigenvalue weighted by molar-refractivity contribution is 7.91. The van der Waals surface area contributed by atoms with E-state index in [1.54, 1.807) is 37.4 Å². The van der Waals surface area contributed by atoms with Crippen LogP contribution in [0.3, 0.4) is 0 Å². The van der Waals surface area contributed by atoms with Crippen molar-refractivity contribution in [2.75, 3.05) is 26.0 Å². The minimum atomic E-state index is -3.46. The Morgan fingerprint density at radius 1 is 1.00 bits per heavy atom. The number of rotatable bonds is 8. The average Bonchev–Trinajstić information content (AvgIpc) is 2.70. The molecule has 0 aromatic heterocycles. The molecule has 0 spiro atoms. The summed E-state index contributed by atoms with van der Waals surface area (Å²) in [6.45, 7) is 0.276. The first kappa shape index (κ1) is 20.3. The number of para-hydroxylation sites is 2. The van der Waals surface area contributed by atoms with Gasteiger partial charge in [0, 0.05) is 6.42 Å². The zero-order valence-electron chi connectivity index (χ0n) is 15.0. The number of methoxy groups -OCH3 is 1. The lowest BCUT2D eigenvalue weighted by molar-refractivity contribution is -0.120. The fourth-order valence-corrected chi connectivity index (χ4v) is 3.43. The molecule has 142 valence electrons. The molecule has 0 saturated carbocycles. The fraction of sp³-hybridized carbons (Fsp3) is 0.250. The van der Waals surface area contributed by atoms with Crippen LogP contribution in [-0.4, -0.2) is 40.3 Å². The number of carbonyl (C=O) groups is 1. The molecular weight excluding hydrogens is 366 g/mol. The smallest absolute Gasteiger partial charge is 0.221 e. The first-order valence-corrected chi connectivity index (χ1v) is 9.94. The number of benzene rings is 2. The van der Waals surface area contributed by atoms with Crippen LogP contribution in [0.25, 0.3) is 0 Å². The van der Waals surface area contributed by atoms with E-state index in [1.807, 2.05) is 12.1 Å². The van der Waals surface area contributed by atoms with Gasteiger partial charge in [-0.2, -0.15) is 0 Å². The summed E-state index contributed by atoms with van der Waals surface area (Å²) in [6, 6.07) is 15.3. The standard InChI is InChI=1S/C20H21NO5S/c1-25-18-11-5-6-12-19(18)26-15-8-7-14-21-20(22)13-16-27(23,24)17-9-3-2-4-10-17/h2-6,9-12H,13-16H2,1H3,(H,21,22). The summed E-state index contributed by atoms with van der Waals surface area (Å²) in [5.41, 5.74) is 0. The topological polar surface area (TPSA) is 81.7 Å². The summed E-state index contributed by atoms with van der Waals surface area (Å²) in [6.07, 6.45) is -0.114. The van der Waals surface area contributed by atoms with Gasteiger partial charge in [0.25, 0.3) is 0 Å². The van der Waals surface area contributed by atoms with Crippen molar-refractivity contribution >= 4 is 15.7 Å². The van der Waals surface area contributed by atoms with E-state index in [0.717, 1.165) is 0 Å². The maximum atomic E-state index is 12.1. The van der Waals surface area contributed by atoms with Crippen molar-refractivity contribution < 1.29 is 22.7 Å². The molecule has 27 heavy (non-hydrogen) atoms. The van der Waals surface area contributed by atoms with Gasteiger partial charge in [0.2, 0.25) is 5.91 Å². The highest BCUT2D eigenvalue weighted by atomic mass is 32.2. The first-order valence-electron chi connectivity index (χ1n) is 8.29. The second-order valence-electron chi connectivity index (χ2n) is 5.45. The van der Waals surface area contributed by atoms with E-state index >= 15 is 0 Å². The number of carbonyl (C=O) groups excluding carboxylic acids is 1. The number of sulfone groups is 1. The highest BCUT2D eigenvalue weighted by Gasteiger charge is 2.15. The first-order chi connectivity index (χ1) is 13.0. The molecule has 0 unspecified atom stereocenters. The van der Waals surface area contributed by atoms with Gasteiger partial charge in [-0.05, 0) is 24.3 Å². The maximum absolute atomic E-state index is 12.1. The molecule has 1 N–H and O–H groups in total. The predicted octanol–water partition coefficient (Wildman–Crippen LogP) is 2.06. The maximum Gasteiger partial charge on any atom is 0.221 e. The van der Waals surface area contributed by atoms with Crippen molar-refractivity contribution in [2.45, 2.75) is 11.3 Å². The molecule has 0 aliphatic heterocycles. The summed E-state index contributed by atoms with van der Waals surface area (Å²) < 4.78 is 34.9. The number of hydrogen-bond donors (Lipinski definition) is 1. The van der Waals surface area contributed by atoms with Crippen molar-refractivity contribution in [3.8, 4) is 23.3 Å². The summed E-state index contributed by atoms with van der Waals surface area (Å²) in [7, 11) is -1.90. The molecular formula is C20H21NO5S. The number of ether oxygens (including phenoxy) is 2. The molecule has 1 amide bonds. The predicted molar refractivity (Wildman–Crippen MR) is 102 cm³/mol. The van der Waals surface area contributed by atoms with Gasteiger partial charge in [-0.25, -0.2) is 8.42 Å². The lowest BCUT2D eigenvalue weighted by atomic mass is 10.3. The monoisotopic (exact) mass is 387 g/mol. The lowest BCUT2D eigenvalue weighted by Crippen LogP contribution is -2.26. The van der Waals surface area contributed by atoms with Crippen LogP contribution >= 0.6 is 0 Å². The van der Waals surface area contributed by atoms with Crippen LogP contribution in [0.2, 0.25) is 0 Å². The molecule has 0 aliphatic carbocycles. The molecule has 2 aromatic carbocycles. The molecule has 0 fully saturated rings. The summed E-state index contributed by atoms with van der Waals surface area (Å²) in [5, 5.41) is 2.57. The zero-order valence-corrected chi connectivity index (χ0v) is 15.8.